The first kappa shape index (κ1) is 16.4. The van der Waals surface area contributed by atoms with Crippen molar-refractivity contribution in [3.63, 3.8) is 0 Å². The van der Waals surface area contributed by atoms with Crippen LogP contribution in [0.15, 0.2) is 4.52 Å². The molecule has 3 atom stereocenters. The molecule has 1 aliphatic heterocycles. The maximum absolute atomic E-state index is 5.70. The molecular formula is C15H27N3O3. The van der Waals surface area contributed by atoms with Gasteiger partial charge in [-0.1, -0.05) is 25.4 Å². The van der Waals surface area contributed by atoms with E-state index in [1.54, 1.807) is 0 Å². The second-order valence-corrected chi connectivity index (χ2v) is 5.43. The lowest BCUT2D eigenvalue weighted by Gasteiger charge is -2.15. The van der Waals surface area contributed by atoms with Crippen molar-refractivity contribution in [1.82, 2.24) is 15.5 Å². The summed E-state index contributed by atoms with van der Waals surface area (Å²) in [7, 11) is 0. The summed E-state index contributed by atoms with van der Waals surface area (Å²) in [5, 5.41) is 7.60. The third kappa shape index (κ3) is 4.25. The maximum atomic E-state index is 5.70. The van der Waals surface area contributed by atoms with Crippen molar-refractivity contribution in [3.8, 4) is 0 Å². The SMILES string of the molecule is CCCNC1COCC1c1nc(C(CCC)OCC)no1. The van der Waals surface area contributed by atoms with E-state index < -0.39 is 0 Å². The van der Waals surface area contributed by atoms with Crippen LogP contribution in [0.5, 0.6) is 0 Å². The first-order chi connectivity index (χ1) is 10.3. The second-order valence-electron chi connectivity index (χ2n) is 5.43. The molecule has 2 heterocycles. The Morgan fingerprint density at radius 1 is 1.29 bits per heavy atom. The lowest BCUT2D eigenvalue weighted by molar-refractivity contribution is 0.0477. The molecule has 3 unspecified atom stereocenters. The monoisotopic (exact) mass is 297 g/mol. The van der Waals surface area contributed by atoms with Crippen LogP contribution in [-0.4, -0.2) is 42.5 Å². The zero-order valence-electron chi connectivity index (χ0n) is 13.3. The fourth-order valence-corrected chi connectivity index (χ4v) is 2.61. The highest BCUT2D eigenvalue weighted by atomic mass is 16.5. The van der Waals surface area contributed by atoms with E-state index in [0.717, 1.165) is 25.8 Å². The summed E-state index contributed by atoms with van der Waals surface area (Å²) < 4.78 is 16.7. The van der Waals surface area contributed by atoms with E-state index in [1.165, 1.54) is 0 Å². The molecule has 0 amide bonds. The Balaban J connectivity index is 2.03. The van der Waals surface area contributed by atoms with E-state index in [9.17, 15) is 0 Å². The fourth-order valence-electron chi connectivity index (χ4n) is 2.61. The minimum absolute atomic E-state index is 0.0677. The van der Waals surface area contributed by atoms with Crippen LogP contribution in [0.2, 0.25) is 0 Å². The highest BCUT2D eigenvalue weighted by Gasteiger charge is 2.34. The average molecular weight is 297 g/mol. The summed E-state index contributed by atoms with van der Waals surface area (Å²) in [5.74, 6) is 1.47. The minimum atomic E-state index is -0.0677. The minimum Gasteiger partial charge on any atom is -0.379 e. The van der Waals surface area contributed by atoms with Crippen molar-refractivity contribution in [2.24, 2.45) is 0 Å². The molecule has 1 aromatic rings. The molecule has 1 aliphatic rings. The topological polar surface area (TPSA) is 69.4 Å². The molecule has 0 radical (unpaired) electrons. The van der Waals surface area contributed by atoms with E-state index in [4.69, 9.17) is 14.0 Å². The molecule has 1 fully saturated rings. The fraction of sp³-hybridized carbons (Fsp3) is 0.867. The van der Waals surface area contributed by atoms with Crippen LogP contribution >= 0.6 is 0 Å². The van der Waals surface area contributed by atoms with Crippen LogP contribution in [-0.2, 0) is 9.47 Å². The van der Waals surface area contributed by atoms with E-state index in [-0.39, 0.29) is 18.1 Å². The lowest BCUT2D eigenvalue weighted by Crippen LogP contribution is -2.35. The molecule has 21 heavy (non-hydrogen) atoms. The zero-order chi connectivity index (χ0) is 15.1. The van der Waals surface area contributed by atoms with Crippen molar-refractivity contribution >= 4 is 0 Å². The number of hydrogen-bond donors (Lipinski definition) is 1. The van der Waals surface area contributed by atoms with Gasteiger partial charge in [-0.25, -0.2) is 0 Å². The van der Waals surface area contributed by atoms with Gasteiger partial charge in [0.2, 0.25) is 11.7 Å². The smallest absolute Gasteiger partial charge is 0.233 e. The van der Waals surface area contributed by atoms with Crippen LogP contribution in [0.4, 0.5) is 0 Å². The first-order valence-corrected chi connectivity index (χ1v) is 8.06. The summed E-state index contributed by atoms with van der Waals surface area (Å²) in [5.41, 5.74) is 0. The van der Waals surface area contributed by atoms with Gasteiger partial charge in [0.15, 0.2) is 0 Å². The average Bonchev–Trinajstić information content (AvgIpc) is 3.13. The van der Waals surface area contributed by atoms with E-state index in [1.807, 2.05) is 6.92 Å². The zero-order valence-corrected chi connectivity index (χ0v) is 13.3. The van der Waals surface area contributed by atoms with Crippen LogP contribution in [0.25, 0.3) is 0 Å². The third-order valence-electron chi connectivity index (χ3n) is 3.72. The van der Waals surface area contributed by atoms with Crippen LogP contribution in [0.1, 0.15) is 63.8 Å². The molecule has 1 aromatic heterocycles. The second kappa shape index (κ2) is 8.46. The van der Waals surface area contributed by atoms with Gasteiger partial charge in [-0.05, 0) is 26.3 Å². The van der Waals surface area contributed by atoms with Crippen LogP contribution in [0.3, 0.4) is 0 Å². The van der Waals surface area contributed by atoms with Gasteiger partial charge in [-0.2, -0.15) is 4.98 Å². The Hall–Kier alpha value is -0.980. The van der Waals surface area contributed by atoms with Gasteiger partial charge in [0, 0.05) is 12.6 Å². The quantitative estimate of drug-likeness (QED) is 0.755. The molecule has 0 saturated carbocycles. The molecule has 6 heteroatoms. The number of aromatic nitrogens is 2. The molecular weight excluding hydrogens is 270 g/mol. The summed E-state index contributed by atoms with van der Waals surface area (Å²) >= 11 is 0. The molecule has 0 bridgehead atoms. The Bertz CT molecular complexity index is 405. The van der Waals surface area contributed by atoms with Crippen molar-refractivity contribution in [1.29, 1.82) is 0 Å². The molecule has 120 valence electrons. The maximum Gasteiger partial charge on any atom is 0.233 e. The standard InChI is InChI=1S/C15H27N3O3/c1-4-7-13(20-6-3)14-17-15(21-18-14)11-9-19-10-12(11)16-8-5-2/h11-13,16H,4-10H2,1-3H3. The molecule has 0 spiro atoms. The number of ether oxygens (including phenoxy) is 2. The van der Waals surface area contributed by atoms with Gasteiger partial charge >= 0.3 is 0 Å². The number of rotatable bonds is 9. The van der Waals surface area contributed by atoms with E-state index in [2.05, 4.69) is 29.3 Å². The number of hydrogen-bond acceptors (Lipinski definition) is 6. The summed E-state index contributed by atoms with van der Waals surface area (Å²) in [6, 6.07) is 0.259. The highest BCUT2D eigenvalue weighted by Crippen LogP contribution is 2.27. The van der Waals surface area contributed by atoms with Crippen LogP contribution in [0, 0.1) is 0 Å². The molecule has 1 saturated heterocycles. The predicted octanol–water partition coefficient (Wildman–Crippen LogP) is 2.43. The number of nitrogens with one attached hydrogen (secondary N) is 1. The van der Waals surface area contributed by atoms with Gasteiger partial charge in [0.25, 0.3) is 0 Å². The molecule has 0 aliphatic carbocycles. The Kier molecular flexibility index (Phi) is 6.60. The number of nitrogens with zero attached hydrogens (tertiary/aromatic N) is 2. The summed E-state index contributed by atoms with van der Waals surface area (Å²) in [4.78, 5) is 4.57. The van der Waals surface area contributed by atoms with Gasteiger partial charge in [-0.15, -0.1) is 0 Å². The van der Waals surface area contributed by atoms with Gasteiger partial charge < -0.3 is 19.3 Å². The predicted molar refractivity (Wildman–Crippen MR) is 79.2 cm³/mol. The third-order valence-corrected chi connectivity index (χ3v) is 3.72. The van der Waals surface area contributed by atoms with Gasteiger partial charge in [0.05, 0.1) is 19.1 Å². The molecule has 0 aromatic carbocycles. The van der Waals surface area contributed by atoms with Gasteiger partial charge in [0.1, 0.15) is 6.10 Å². The molecule has 2 rings (SSSR count). The van der Waals surface area contributed by atoms with E-state index in [0.29, 0.717) is 31.5 Å². The van der Waals surface area contributed by atoms with Crippen molar-refractivity contribution in [2.45, 2.75) is 58.1 Å². The van der Waals surface area contributed by atoms with Crippen molar-refractivity contribution in [2.75, 3.05) is 26.4 Å². The molecule has 1 N–H and O–H groups in total. The Labute approximate surface area is 126 Å². The molecule has 6 nitrogen and oxygen atoms in total. The van der Waals surface area contributed by atoms with Crippen molar-refractivity contribution < 1.29 is 14.0 Å². The summed E-state index contributed by atoms with van der Waals surface area (Å²) in [6.45, 7) is 9.23. The van der Waals surface area contributed by atoms with Crippen LogP contribution < -0.4 is 5.32 Å². The Morgan fingerprint density at radius 3 is 2.86 bits per heavy atom. The highest BCUT2D eigenvalue weighted by molar-refractivity contribution is 5.03. The lowest BCUT2D eigenvalue weighted by atomic mass is 10.0. The normalized spacial score (nSPS) is 23.6. The Morgan fingerprint density at radius 2 is 2.14 bits per heavy atom. The summed E-state index contributed by atoms with van der Waals surface area (Å²) in [6.07, 6.45) is 2.97. The first-order valence-electron chi connectivity index (χ1n) is 8.06. The van der Waals surface area contributed by atoms with Crippen molar-refractivity contribution in [3.05, 3.63) is 11.7 Å². The van der Waals surface area contributed by atoms with Gasteiger partial charge in [-0.3, -0.25) is 0 Å². The van der Waals surface area contributed by atoms with E-state index >= 15 is 0 Å². The largest absolute Gasteiger partial charge is 0.379 e.